The van der Waals surface area contributed by atoms with Crippen LogP contribution in [-0.4, -0.2) is 21.6 Å². The lowest BCUT2D eigenvalue weighted by Crippen LogP contribution is -2.18. The number of nitrogens with zero attached hydrogens (tertiary/aromatic N) is 2. The maximum absolute atomic E-state index is 12.6. The van der Waals surface area contributed by atoms with Crippen LogP contribution in [-0.2, 0) is 4.79 Å². The molecule has 2 aromatic carbocycles. The molecule has 0 spiro atoms. The maximum Gasteiger partial charge on any atom is 0.256 e. The Morgan fingerprint density at radius 1 is 1.04 bits per heavy atom. The molecule has 2 amide bonds. The smallest absolute Gasteiger partial charge is 0.256 e. The average molecular weight is 397 g/mol. The highest BCUT2D eigenvalue weighted by Gasteiger charge is 2.13. The first-order chi connectivity index (χ1) is 13.3. The first kappa shape index (κ1) is 19.6. The van der Waals surface area contributed by atoms with Gasteiger partial charge in [-0.1, -0.05) is 31.5 Å². The zero-order valence-corrected chi connectivity index (χ0v) is 16.6. The Morgan fingerprint density at radius 3 is 2.39 bits per heavy atom. The molecule has 0 fully saturated rings. The molecule has 7 heteroatoms. The van der Waals surface area contributed by atoms with E-state index in [4.69, 9.17) is 11.6 Å². The van der Waals surface area contributed by atoms with Crippen molar-refractivity contribution in [3.05, 3.63) is 70.9 Å². The normalized spacial score (nSPS) is 10.8. The van der Waals surface area contributed by atoms with Gasteiger partial charge in [-0.25, -0.2) is 4.68 Å². The van der Waals surface area contributed by atoms with Crippen molar-refractivity contribution in [1.82, 2.24) is 9.78 Å². The van der Waals surface area contributed by atoms with Gasteiger partial charge in [0.15, 0.2) is 0 Å². The third-order valence-corrected chi connectivity index (χ3v) is 4.30. The number of hydrogen-bond donors (Lipinski definition) is 2. The van der Waals surface area contributed by atoms with Gasteiger partial charge in [-0.3, -0.25) is 9.59 Å². The summed E-state index contributed by atoms with van der Waals surface area (Å²) in [5.74, 6) is 0.0861. The molecule has 144 valence electrons. The molecule has 0 aliphatic carbocycles. The molecule has 0 saturated heterocycles. The van der Waals surface area contributed by atoms with Crippen molar-refractivity contribution in [2.75, 3.05) is 10.6 Å². The van der Waals surface area contributed by atoms with Crippen LogP contribution in [0.25, 0.3) is 5.69 Å². The molecule has 0 bridgehead atoms. The van der Waals surface area contributed by atoms with Gasteiger partial charge >= 0.3 is 0 Å². The van der Waals surface area contributed by atoms with E-state index in [0.717, 1.165) is 11.4 Å². The minimum Gasteiger partial charge on any atom is -0.326 e. The van der Waals surface area contributed by atoms with Crippen LogP contribution in [0.5, 0.6) is 0 Å². The third kappa shape index (κ3) is 4.58. The summed E-state index contributed by atoms with van der Waals surface area (Å²) in [6.45, 7) is 5.49. The lowest BCUT2D eigenvalue weighted by atomic mass is 10.1. The lowest BCUT2D eigenvalue weighted by Gasteiger charge is -2.10. The molecule has 0 aliphatic rings. The molecule has 6 nitrogen and oxygen atoms in total. The summed E-state index contributed by atoms with van der Waals surface area (Å²) < 4.78 is 1.64. The fourth-order valence-corrected chi connectivity index (χ4v) is 2.76. The number of halogens is 1. The van der Waals surface area contributed by atoms with Crippen LogP contribution in [0, 0.1) is 12.8 Å². The highest BCUT2D eigenvalue weighted by Crippen LogP contribution is 2.21. The Balaban J connectivity index is 1.78. The van der Waals surface area contributed by atoms with E-state index in [2.05, 4.69) is 15.7 Å². The molecule has 3 rings (SSSR count). The summed E-state index contributed by atoms with van der Waals surface area (Å²) in [6.07, 6.45) is 0. The molecule has 28 heavy (non-hydrogen) atoms. The van der Waals surface area contributed by atoms with Crippen LogP contribution in [0.1, 0.15) is 29.9 Å². The SMILES string of the molecule is Cc1cc(NC(=O)c2ccc(NC(=O)C(C)C)cc2)n(-c2cccc(Cl)c2)n1. The van der Waals surface area contributed by atoms with Crippen molar-refractivity contribution in [3.63, 3.8) is 0 Å². The first-order valence-corrected chi connectivity index (χ1v) is 9.26. The summed E-state index contributed by atoms with van der Waals surface area (Å²) in [5.41, 5.74) is 2.64. The minimum absolute atomic E-state index is 0.0712. The van der Waals surface area contributed by atoms with E-state index < -0.39 is 0 Å². The highest BCUT2D eigenvalue weighted by molar-refractivity contribution is 6.30. The van der Waals surface area contributed by atoms with E-state index in [1.165, 1.54) is 0 Å². The number of carbonyl (C=O) groups is 2. The Bertz CT molecular complexity index is 1010. The topological polar surface area (TPSA) is 76.0 Å². The number of carbonyl (C=O) groups excluding carboxylic acids is 2. The summed E-state index contributed by atoms with van der Waals surface area (Å²) in [4.78, 5) is 24.4. The quantitative estimate of drug-likeness (QED) is 0.657. The second kappa shape index (κ2) is 8.27. The van der Waals surface area contributed by atoms with Gasteiger partial charge < -0.3 is 10.6 Å². The van der Waals surface area contributed by atoms with Gasteiger partial charge in [0.25, 0.3) is 5.91 Å². The largest absolute Gasteiger partial charge is 0.326 e. The molecular weight excluding hydrogens is 376 g/mol. The number of amides is 2. The minimum atomic E-state index is -0.273. The Kier molecular flexibility index (Phi) is 5.80. The number of benzene rings is 2. The molecule has 0 atom stereocenters. The van der Waals surface area contributed by atoms with E-state index >= 15 is 0 Å². The van der Waals surface area contributed by atoms with Crippen LogP contribution in [0.2, 0.25) is 5.02 Å². The summed E-state index contributed by atoms with van der Waals surface area (Å²) in [6, 6.07) is 15.8. The third-order valence-electron chi connectivity index (χ3n) is 4.06. The van der Waals surface area contributed by atoms with E-state index in [9.17, 15) is 9.59 Å². The molecule has 0 radical (unpaired) electrons. The van der Waals surface area contributed by atoms with E-state index in [0.29, 0.717) is 22.1 Å². The van der Waals surface area contributed by atoms with E-state index in [1.807, 2.05) is 32.9 Å². The van der Waals surface area contributed by atoms with Crippen molar-refractivity contribution >= 4 is 34.9 Å². The van der Waals surface area contributed by atoms with Crippen molar-refractivity contribution < 1.29 is 9.59 Å². The van der Waals surface area contributed by atoms with Crippen molar-refractivity contribution in [1.29, 1.82) is 0 Å². The van der Waals surface area contributed by atoms with Crippen molar-refractivity contribution in [2.45, 2.75) is 20.8 Å². The maximum atomic E-state index is 12.6. The molecular formula is C21H21ClN4O2. The van der Waals surface area contributed by atoms with Crippen molar-refractivity contribution in [2.24, 2.45) is 5.92 Å². The molecule has 1 aromatic heterocycles. The predicted molar refractivity (Wildman–Crippen MR) is 111 cm³/mol. The van der Waals surface area contributed by atoms with Crippen LogP contribution in [0.4, 0.5) is 11.5 Å². The number of aryl methyl sites for hydroxylation is 1. The Morgan fingerprint density at radius 2 is 1.75 bits per heavy atom. The lowest BCUT2D eigenvalue weighted by molar-refractivity contribution is -0.118. The summed E-state index contributed by atoms with van der Waals surface area (Å²) >= 11 is 6.07. The van der Waals surface area contributed by atoms with Crippen molar-refractivity contribution in [3.8, 4) is 5.69 Å². The first-order valence-electron chi connectivity index (χ1n) is 8.88. The van der Waals surface area contributed by atoms with Gasteiger partial charge in [-0.05, 0) is 49.4 Å². The number of aromatic nitrogens is 2. The van der Waals surface area contributed by atoms with Crippen LogP contribution < -0.4 is 10.6 Å². The van der Waals surface area contributed by atoms with Crippen LogP contribution >= 0.6 is 11.6 Å². The average Bonchev–Trinajstić information content (AvgIpc) is 3.02. The fourth-order valence-electron chi connectivity index (χ4n) is 2.57. The molecule has 0 unspecified atom stereocenters. The second-order valence-electron chi connectivity index (χ2n) is 6.74. The number of nitrogens with one attached hydrogen (secondary N) is 2. The molecule has 0 aliphatic heterocycles. The van der Waals surface area contributed by atoms with Crippen LogP contribution in [0.3, 0.4) is 0 Å². The van der Waals surface area contributed by atoms with Gasteiger partial charge in [0.05, 0.1) is 11.4 Å². The second-order valence-corrected chi connectivity index (χ2v) is 7.17. The monoisotopic (exact) mass is 396 g/mol. The Labute approximate surface area is 168 Å². The van der Waals surface area contributed by atoms with Gasteiger partial charge in [0, 0.05) is 28.3 Å². The van der Waals surface area contributed by atoms with Gasteiger partial charge in [-0.15, -0.1) is 0 Å². The van der Waals surface area contributed by atoms with Crippen LogP contribution in [0.15, 0.2) is 54.6 Å². The van der Waals surface area contributed by atoms with E-state index in [-0.39, 0.29) is 17.7 Å². The predicted octanol–water partition coefficient (Wildman–Crippen LogP) is 4.68. The molecule has 3 aromatic rings. The number of rotatable bonds is 5. The zero-order valence-electron chi connectivity index (χ0n) is 15.9. The summed E-state index contributed by atoms with van der Waals surface area (Å²) in [7, 11) is 0. The number of anilines is 2. The summed E-state index contributed by atoms with van der Waals surface area (Å²) in [5, 5.41) is 10.7. The van der Waals surface area contributed by atoms with Gasteiger partial charge in [0.1, 0.15) is 5.82 Å². The zero-order chi connectivity index (χ0) is 20.3. The van der Waals surface area contributed by atoms with Gasteiger partial charge in [0.2, 0.25) is 5.91 Å². The Hall–Kier alpha value is -3.12. The standard InChI is InChI=1S/C21H21ClN4O2/c1-13(2)20(27)23-17-9-7-15(8-10-17)21(28)24-19-11-14(3)25-26(19)18-6-4-5-16(22)12-18/h4-13H,1-3H3,(H,23,27)(H,24,28). The molecule has 2 N–H and O–H groups in total. The molecule has 1 heterocycles. The number of hydrogen-bond acceptors (Lipinski definition) is 3. The van der Waals surface area contributed by atoms with E-state index in [1.54, 1.807) is 47.1 Å². The van der Waals surface area contributed by atoms with Gasteiger partial charge in [-0.2, -0.15) is 5.10 Å². The highest BCUT2D eigenvalue weighted by atomic mass is 35.5. The fraction of sp³-hybridized carbons (Fsp3) is 0.190. The molecule has 0 saturated carbocycles.